The maximum atomic E-state index is 12.8. The quantitative estimate of drug-likeness (QED) is 0.767. The normalized spacial score (nSPS) is 18.3. The van der Waals surface area contributed by atoms with Crippen molar-refractivity contribution in [3.05, 3.63) is 81.8 Å². The average molecular weight is 427 g/mol. The van der Waals surface area contributed by atoms with Gasteiger partial charge >= 0.3 is 0 Å². The predicted molar refractivity (Wildman–Crippen MR) is 108 cm³/mol. The van der Waals surface area contributed by atoms with Crippen molar-refractivity contribution in [1.82, 2.24) is 10.3 Å². The van der Waals surface area contributed by atoms with Crippen LogP contribution in [0.2, 0.25) is 0 Å². The number of para-hydroxylation sites is 1. The highest BCUT2D eigenvalue weighted by Crippen LogP contribution is 2.31. The van der Waals surface area contributed by atoms with Gasteiger partial charge < -0.3 is 0 Å². The third-order valence-corrected chi connectivity index (χ3v) is 5.41. The molecule has 130 valence electrons. The molecular weight excluding hydrogens is 412 g/mol. The number of carbonyl (C=O) groups excluding carboxylic acids is 1. The molecule has 0 bridgehead atoms. The molecule has 0 saturated carbocycles. The third kappa shape index (κ3) is 3.08. The van der Waals surface area contributed by atoms with Gasteiger partial charge in [-0.15, -0.1) is 11.7 Å². The zero-order valence-corrected chi connectivity index (χ0v) is 16.1. The Morgan fingerprint density at radius 2 is 2.00 bits per heavy atom. The minimum Gasteiger partial charge on any atom is -0.298 e. The fraction of sp³-hybridized carbons (Fsp3) is 0.105. The second kappa shape index (κ2) is 7.09. The molecule has 2 aromatic rings. The molecule has 0 aliphatic carbocycles. The summed E-state index contributed by atoms with van der Waals surface area (Å²) in [4.78, 5) is 17.7. The Morgan fingerprint density at radius 3 is 2.77 bits per heavy atom. The number of carbonyl (C=O) groups is 1. The molecule has 0 unspecified atom stereocenters. The van der Waals surface area contributed by atoms with E-state index in [2.05, 4.69) is 32.9 Å². The molecule has 0 fully saturated rings. The number of nitrogens with one attached hydrogen (secondary N) is 1. The average Bonchev–Trinajstić information content (AvgIpc) is 2.66. The molecule has 0 spiro atoms. The van der Waals surface area contributed by atoms with E-state index < -0.39 is 6.17 Å². The van der Waals surface area contributed by atoms with Crippen molar-refractivity contribution in [3.63, 3.8) is 0 Å². The topological polar surface area (TPSA) is 57.1 Å². The van der Waals surface area contributed by atoms with Gasteiger partial charge in [-0.1, -0.05) is 64.1 Å². The van der Waals surface area contributed by atoms with Crippen molar-refractivity contribution in [2.24, 2.45) is 10.1 Å². The second-order valence-corrected chi connectivity index (χ2v) is 7.65. The van der Waals surface area contributed by atoms with Crippen LogP contribution >= 0.6 is 27.7 Å². The Kier molecular flexibility index (Phi) is 4.65. The molecule has 5 nitrogen and oxygen atoms in total. The molecule has 4 rings (SSSR count). The molecule has 2 aromatic carbocycles. The van der Waals surface area contributed by atoms with E-state index in [0.717, 1.165) is 20.6 Å². The number of amides is 1. The first-order valence-corrected chi connectivity index (χ1v) is 9.81. The Balaban J connectivity index is 1.90. The van der Waals surface area contributed by atoms with Gasteiger partial charge in [-0.05, 0) is 23.8 Å². The number of hydrogen-bond acceptors (Lipinski definition) is 5. The van der Waals surface area contributed by atoms with Crippen LogP contribution in [-0.4, -0.2) is 21.8 Å². The van der Waals surface area contributed by atoms with Crippen molar-refractivity contribution in [2.45, 2.75) is 6.17 Å². The lowest BCUT2D eigenvalue weighted by Gasteiger charge is -2.34. The molecule has 2 aliphatic heterocycles. The minimum atomic E-state index is -0.390. The van der Waals surface area contributed by atoms with E-state index in [9.17, 15) is 4.79 Å². The number of benzene rings is 2. The maximum absolute atomic E-state index is 12.8. The van der Waals surface area contributed by atoms with E-state index in [0.29, 0.717) is 16.6 Å². The molecule has 2 aliphatic rings. The van der Waals surface area contributed by atoms with Crippen LogP contribution in [0.15, 0.2) is 75.8 Å². The number of halogens is 1. The molecular formula is C19H15BrN4OS. The number of amidine groups is 1. The van der Waals surface area contributed by atoms with E-state index in [4.69, 9.17) is 4.99 Å². The Morgan fingerprint density at radius 1 is 1.23 bits per heavy atom. The molecule has 1 N–H and O–H groups in total. The lowest BCUT2D eigenvalue weighted by atomic mass is 10.1. The molecule has 0 saturated heterocycles. The second-order valence-electron chi connectivity index (χ2n) is 5.72. The Hall–Kier alpha value is -2.38. The summed E-state index contributed by atoms with van der Waals surface area (Å²) in [5, 5.41) is 11.4. The molecule has 2 heterocycles. The number of hydrazone groups is 1. The van der Waals surface area contributed by atoms with Crippen molar-refractivity contribution in [3.8, 4) is 0 Å². The molecule has 7 heteroatoms. The van der Waals surface area contributed by atoms with Crippen molar-refractivity contribution < 1.29 is 4.79 Å². The summed E-state index contributed by atoms with van der Waals surface area (Å²) >= 11 is 4.89. The molecule has 1 atom stereocenters. The summed E-state index contributed by atoms with van der Waals surface area (Å²) in [5.41, 5.74) is 1.48. The number of rotatable bonds is 3. The van der Waals surface area contributed by atoms with Crippen LogP contribution in [0.4, 0.5) is 0 Å². The lowest BCUT2D eigenvalue weighted by Crippen LogP contribution is -2.50. The minimum absolute atomic E-state index is 0.170. The Labute approximate surface area is 163 Å². The maximum Gasteiger partial charge on any atom is 0.276 e. The third-order valence-electron chi connectivity index (χ3n) is 4.02. The zero-order chi connectivity index (χ0) is 18.1. The SMILES string of the molecule is C=CCSC1=NN2C(=c3ccccc3=N[C@@H]2c2ccc(Br)cc2)C(=O)N1. The number of hydrogen-bond donors (Lipinski definition) is 1. The fourth-order valence-electron chi connectivity index (χ4n) is 2.88. The highest BCUT2D eigenvalue weighted by atomic mass is 79.9. The first kappa shape index (κ1) is 17.1. The van der Waals surface area contributed by atoms with Gasteiger partial charge in [0.25, 0.3) is 5.91 Å². The molecule has 26 heavy (non-hydrogen) atoms. The number of nitrogens with zero attached hydrogens (tertiary/aromatic N) is 3. The lowest BCUT2D eigenvalue weighted by molar-refractivity contribution is -0.116. The molecule has 0 radical (unpaired) electrons. The van der Waals surface area contributed by atoms with Gasteiger partial charge in [0.15, 0.2) is 11.3 Å². The standard InChI is InChI=1S/C19H15BrN4OS/c1-2-11-26-19-22-18(25)16-14-5-3-4-6-15(14)21-17(24(16)23-19)12-7-9-13(20)10-8-12/h2-10,17H,1,11H2,(H,22,23,25)/t17-/m0/s1. The van der Waals surface area contributed by atoms with Crippen LogP contribution < -0.4 is 15.9 Å². The fourth-order valence-corrected chi connectivity index (χ4v) is 3.73. The van der Waals surface area contributed by atoms with Crippen molar-refractivity contribution in [2.75, 3.05) is 5.75 Å². The van der Waals surface area contributed by atoms with E-state index in [1.54, 1.807) is 11.1 Å². The summed E-state index contributed by atoms with van der Waals surface area (Å²) in [5.74, 6) is 0.495. The van der Waals surface area contributed by atoms with Crippen LogP contribution in [0.25, 0.3) is 5.70 Å². The van der Waals surface area contributed by atoms with Gasteiger partial charge in [-0.25, -0.2) is 5.01 Å². The smallest absolute Gasteiger partial charge is 0.276 e. The predicted octanol–water partition coefficient (Wildman–Crippen LogP) is 2.51. The summed E-state index contributed by atoms with van der Waals surface area (Å²) in [6, 6.07) is 15.6. The van der Waals surface area contributed by atoms with Gasteiger partial charge in [0.05, 0.1) is 5.36 Å². The van der Waals surface area contributed by atoms with Crippen LogP contribution in [-0.2, 0) is 4.79 Å². The van der Waals surface area contributed by atoms with Gasteiger partial charge in [0.2, 0.25) is 0 Å². The highest BCUT2D eigenvalue weighted by Gasteiger charge is 2.34. The van der Waals surface area contributed by atoms with E-state index in [1.807, 2.05) is 48.5 Å². The summed E-state index contributed by atoms with van der Waals surface area (Å²) < 4.78 is 0.990. The van der Waals surface area contributed by atoms with E-state index in [-0.39, 0.29) is 5.91 Å². The molecule has 0 aromatic heterocycles. The first-order valence-electron chi connectivity index (χ1n) is 8.03. The monoisotopic (exact) mass is 426 g/mol. The van der Waals surface area contributed by atoms with E-state index in [1.165, 1.54) is 11.8 Å². The van der Waals surface area contributed by atoms with Gasteiger partial charge in [0.1, 0.15) is 5.70 Å². The van der Waals surface area contributed by atoms with Crippen LogP contribution in [0, 0.1) is 0 Å². The highest BCUT2D eigenvalue weighted by molar-refractivity contribution is 9.10. The van der Waals surface area contributed by atoms with Gasteiger partial charge in [-0.3, -0.25) is 15.1 Å². The van der Waals surface area contributed by atoms with Gasteiger partial charge in [-0.2, -0.15) is 0 Å². The van der Waals surface area contributed by atoms with Crippen molar-refractivity contribution >= 4 is 44.5 Å². The summed E-state index contributed by atoms with van der Waals surface area (Å²) in [6.45, 7) is 3.72. The number of thioether (sulfide) groups is 1. The van der Waals surface area contributed by atoms with Crippen LogP contribution in [0.1, 0.15) is 11.7 Å². The van der Waals surface area contributed by atoms with E-state index >= 15 is 0 Å². The van der Waals surface area contributed by atoms with Crippen LogP contribution in [0.3, 0.4) is 0 Å². The van der Waals surface area contributed by atoms with Crippen molar-refractivity contribution in [1.29, 1.82) is 0 Å². The zero-order valence-electron chi connectivity index (χ0n) is 13.7. The first-order chi connectivity index (χ1) is 12.7. The van der Waals surface area contributed by atoms with Gasteiger partial charge in [0, 0.05) is 15.4 Å². The number of fused-ring (bicyclic) bond motifs is 2. The molecule has 1 amide bonds. The largest absolute Gasteiger partial charge is 0.298 e. The van der Waals surface area contributed by atoms with Crippen LogP contribution in [0.5, 0.6) is 0 Å². The Bertz CT molecular complexity index is 1030. The summed E-state index contributed by atoms with van der Waals surface area (Å²) in [7, 11) is 0. The summed E-state index contributed by atoms with van der Waals surface area (Å²) in [6.07, 6.45) is 1.39.